The van der Waals surface area contributed by atoms with Crippen molar-refractivity contribution in [3.05, 3.63) is 99.2 Å². The molecular formula is C26H23Cl2NO3. The van der Waals surface area contributed by atoms with E-state index in [1.807, 2.05) is 61.5 Å². The molecule has 4 nitrogen and oxygen atoms in total. The lowest BCUT2D eigenvalue weighted by molar-refractivity contribution is -0.146. The summed E-state index contributed by atoms with van der Waals surface area (Å²) in [5, 5.41) is 2.25. The molecule has 0 spiro atoms. The van der Waals surface area contributed by atoms with Crippen LogP contribution in [0.1, 0.15) is 28.3 Å². The summed E-state index contributed by atoms with van der Waals surface area (Å²) >= 11 is 12.0. The van der Waals surface area contributed by atoms with E-state index in [4.69, 9.17) is 32.7 Å². The fourth-order valence-electron chi connectivity index (χ4n) is 3.90. The van der Waals surface area contributed by atoms with Gasteiger partial charge in [-0.1, -0.05) is 47.5 Å². The van der Waals surface area contributed by atoms with Crippen LogP contribution in [0.4, 0.5) is 0 Å². The molecule has 0 aliphatic heterocycles. The molecule has 1 heterocycles. The Bertz CT molecular complexity index is 1230. The lowest BCUT2D eigenvalue weighted by atomic mass is 9.90. The van der Waals surface area contributed by atoms with Crippen LogP contribution >= 0.6 is 23.2 Å². The van der Waals surface area contributed by atoms with Crippen LogP contribution in [-0.4, -0.2) is 18.1 Å². The molecule has 0 fully saturated rings. The molecule has 0 saturated heterocycles. The van der Waals surface area contributed by atoms with Crippen LogP contribution < -0.4 is 4.74 Å². The van der Waals surface area contributed by atoms with Crippen LogP contribution in [-0.2, 0) is 22.6 Å². The number of hydrogen-bond acceptors (Lipinski definition) is 3. The number of halogens is 2. The molecule has 0 saturated carbocycles. The Kier molecular flexibility index (Phi) is 6.73. The molecule has 4 rings (SSSR count). The van der Waals surface area contributed by atoms with Crippen molar-refractivity contribution in [1.82, 2.24) is 4.98 Å². The van der Waals surface area contributed by atoms with E-state index in [1.54, 1.807) is 19.2 Å². The fraction of sp³-hybridized carbons (Fsp3) is 0.192. The third-order valence-corrected chi connectivity index (χ3v) is 6.03. The van der Waals surface area contributed by atoms with Crippen molar-refractivity contribution in [2.45, 2.75) is 25.9 Å². The van der Waals surface area contributed by atoms with Crippen LogP contribution in [0.2, 0.25) is 10.0 Å². The minimum absolute atomic E-state index is 0.178. The summed E-state index contributed by atoms with van der Waals surface area (Å²) in [6, 6.07) is 20.6. The second-order valence-electron chi connectivity index (χ2n) is 7.69. The monoisotopic (exact) mass is 467 g/mol. The molecule has 0 bridgehead atoms. The summed E-state index contributed by atoms with van der Waals surface area (Å²) < 4.78 is 11.2. The lowest BCUT2D eigenvalue weighted by Crippen LogP contribution is -2.19. The molecule has 4 aromatic rings. The van der Waals surface area contributed by atoms with Gasteiger partial charge in [0.2, 0.25) is 0 Å². The number of fused-ring (bicyclic) bond motifs is 1. The number of esters is 1. The highest BCUT2D eigenvalue weighted by molar-refractivity contribution is 6.30. The minimum Gasteiger partial charge on any atom is -0.497 e. The van der Waals surface area contributed by atoms with Gasteiger partial charge in [-0.15, -0.1) is 0 Å². The molecule has 1 atom stereocenters. The first-order valence-electron chi connectivity index (χ1n) is 10.3. The Morgan fingerprint density at radius 2 is 1.56 bits per heavy atom. The molecule has 1 aromatic heterocycles. The highest BCUT2D eigenvalue weighted by Crippen LogP contribution is 2.35. The first kappa shape index (κ1) is 22.3. The van der Waals surface area contributed by atoms with Gasteiger partial charge in [-0.05, 0) is 72.5 Å². The number of carbonyl (C=O) groups excluding carboxylic acids is 1. The molecule has 0 radical (unpaired) electrons. The number of nitrogens with one attached hydrogen (secondary N) is 1. The van der Waals surface area contributed by atoms with E-state index >= 15 is 0 Å². The third-order valence-electron chi connectivity index (χ3n) is 5.52. The molecule has 3 aromatic carbocycles. The van der Waals surface area contributed by atoms with Crippen LogP contribution in [0.5, 0.6) is 5.75 Å². The van der Waals surface area contributed by atoms with E-state index in [1.165, 1.54) is 0 Å². The van der Waals surface area contributed by atoms with E-state index in [9.17, 15) is 4.79 Å². The van der Waals surface area contributed by atoms with Crippen LogP contribution in [0.15, 0.2) is 66.7 Å². The van der Waals surface area contributed by atoms with Gasteiger partial charge in [0.25, 0.3) is 0 Å². The molecule has 0 aliphatic rings. The van der Waals surface area contributed by atoms with Crippen LogP contribution in [0.25, 0.3) is 10.9 Å². The Morgan fingerprint density at radius 1 is 0.938 bits per heavy atom. The molecule has 6 heteroatoms. The highest BCUT2D eigenvalue weighted by Gasteiger charge is 2.28. The van der Waals surface area contributed by atoms with Crippen molar-refractivity contribution in [3.63, 3.8) is 0 Å². The Hall–Kier alpha value is -2.95. The molecule has 32 heavy (non-hydrogen) atoms. The van der Waals surface area contributed by atoms with Crippen molar-refractivity contribution < 1.29 is 14.3 Å². The quantitative estimate of drug-likeness (QED) is 0.302. The van der Waals surface area contributed by atoms with Crippen LogP contribution in [0.3, 0.4) is 0 Å². The molecular weight excluding hydrogens is 445 g/mol. The Labute approximate surface area is 197 Å². The average Bonchev–Trinajstić information content (AvgIpc) is 3.12. The smallest absolute Gasteiger partial charge is 0.314 e. The number of ether oxygens (including phenoxy) is 2. The number of hydrogen-bond donors (Lipinski definition) is 1. The fourth-order valence-corrected chi connectivity index (χ4v) is 4.15. The van der Waals surface area contributed by atoms with Gasteiger partial charge in [-0.3, -0.25) is 4.79 Å². The van der Waals surface area contributed by atoms with Crippen molar-refractivity contribution in [2.75, 3.05) is 7.11 Å². The first-order chi connectivity index (χ1) is 15.4. The zero-order chi connectivity index (χ0) is 22.7. The second kappa shape index (κ2) is 9.68. The number of aromatic amines is 1. The number of aryl methyl sites for hydroxylation is 1. The topological polar surface area (TPSA) is 51.3 Å². The number of benzene rings is 3. The van der Waals surface area contributed by atoms with E-state index in [-0.39, 0.29) is 12.6 Å². The van der Waals surface area contributed by atoms with Crippen LogP contribution in [0, 0.1) is 6.92 Å². The highest BCUT2D eigenvalue weighted by atomic mass is 35.5. The van der Waals surface area contributed by atoms with Crippen molar-refractivity contribution in [3.8, 4) is 5.75 Å². The van der Waals surface area contributed by atoms with E-state index < -0.39 is 5.92 Å². The summed E-state index contributed by atoms with van der Waals surface area (Å²) in [5.41, 5.74) is 4.67. The number of H-pyrrole nitrogens is 1. The van der Waals surface area contributed by atoms with Crippen molar-refractivity contribution in [1.29, 1.82) is 0 Å². The van der Waals surface area contributed by atoms with Crippen molar-refractivity contribution in [2.24, 2.45) is 0 Å². The van der Waals surface area contributed by atoms with Gasteiger partial charge in [0, 0.05) is 26.6 Å². The lowest BCUT2D eigenvalue weighted by Gasteiger charge is -2.18. The minimum atomic E-state index is -0.496. The summed E-state index contributed by atoms with van der Waals surface area (Å²) in [6.07, 6.45) is 0.488. The molecule has 1 N–H and O–H groups in total. The molecule has 0 aliphatic carbocycles. The van der Waals surface area contributed by atoms with Gasteiger partial charge in [0.1, 0.15) is 12.4 Å². The third kappa shape index (κ3) is 4.93. The SMILES string of the molecule is COc1ccc2[nH]c(C)c(C(Cc3ccc(Cl)cc3)C(=O)OCc3ccc(Cl)cc3)c2c1. The van der Waals surface area contributed by atoms with Gasteiger partial charge >= 0.3 is 5.97 Å². The second-order valence-corrected chi connectivity index (χ2v) is 8.57. The van der Waals surface area contributed by atoms with Gasteiger partial charge in [0.05, 0.1) is 13.0 Å². The van der Waals surface area contributed by atoms with E-state index in [0.717, 1.165) is 39.0 Å². The summed E-state index contributed by atoms with van der Waals surface area (Å²) in [6.45, 7) is 2.15. The maximum Gasteiger partial charge on any atom is 0.314 e. The Morgan fingerprint density at radius 3 is 2.19 bits per heavy atom. The summed E-state index contributed by atoms with van der Waals surface area (Å²) in [4.78, 5) is 16.8. The molecule has 1 unspecified atom stereocenters. The number of rotatable bonds is 7. The van der Waals surface area contributed by atoms with Gasteiger partial charge in [-0.25, -0.2) is 0 Å². The molecule has 164 valence electrons. The largest absolute Gasteiger partial charge is 0.497 e. The maximum absolute atomic E-state index is 13.4. The van der Waals surface area contributed by atoms with E-state index in [0.29, 0.717) is 16.5 Å². The predicted octanol–water partition coefficient (Wildman–Crippen LogP) is 6.86. The van der Waals surface area contributed by atoms with Gasteiger partial charge < -0.3 is 14.5 Å². The van der Waals surface area contributed by atoms with E-state index in [2.05, 4.69) is 4.98 Å². The summed E-state index contributed by atoms with van der Waals surface area (Å²) in [7, 11) is 1.63. The average molecular weight is 468 g/mol. The number of methoxy groups -OCH3 is 1. The maximum atomic E-state index is 13.4. The van der Waals surface area contributed by atoms with Gasteiger partial charge in [0.15, 0.2) is 0 Å². The first-order valence-corrected chi connectivity index (χ1v) is 11.0. The Balaban J connectivity index is 1.69. The number of aromatic nitrogens is 1. The molecule has 0 amide bonds. The number of carbonyl (C=O) groups is 1. The summed E-state index contributed by atoms with van der Waals surface area (Å²) in [5.74, 6) is -0.0522. The van der Waals surface area contributed by atoms with Crippen molar-refractivity contribution >= 4 is 40.1 Å². The zero-order valence-corrected chi connectivity index (χ0v) is 19.3. The normalized spacial score (nSPS) is 12.0. The van der Waals surface area contributed by atoms with Gasteiger partial charge in [-0.2, -0.15) is 0 Å². The predicted molar refractivity (Wildman–Crippen MR) is 129 cm³/mol. The standard InChI is InChI=1S/C26H23Cl2NO3/c1-16-25(22-14-21(31-2)11-12-24(22)29-16)23(13-17-3-7-19(27)8-4-17)26(30)32-15-18-5-9-20(28)10-6-18/h3-12,14,23,29H,13,15H2,1-2H3. The zero-order valence-electron chi connectivity index (χ0n) is 17.8.